The monoisotopic (exact) mass is 374 g/mol. The van der Waals surface area contributed by atoms with E-state index in [0.717, 1.165) is 32.3 Å². The van der Waals surface area contributed by atoms with Gasteiger partial charge in [-0.1, -0.05) is 24.2 Å². The summed E-state index contributed by atoms with van der Waals surface area (Å²) in [6.45, 7) is 3.55. The predicted molar refractivity (Wildman–Crippen MR) is 99.7 cm³/mol. The smallest absolute Gasteiger partial charge is 0.322 e. The summed E-state index contributed by atoms with van der Waals surface area (Å²) >= 11 is 0. The summed E-state index contributed by atoms with van der Waals surface area (Å²) in [4.78, 5) is 18.3. The molecule has 0 radical (unpaired) electrons. The number of rotatable bonds is 8. The molecule has 1 aromatic carbocycles. The van der Waals surface area contributed by atoms with Crippen molar-refractivity contribution in [2.24, 2.45) is 0 Å². The number of nitrogens with one attached hydrogen (secondary N) is 1. The van der Waals surface area contributed by atoms with Crippen LogP contribution in [0.2, 0.25) is 0 Å². The number of para-hydroxylation sites is 2. The zero-order valence-corrected chi connectivity index (χ0v) is 15.8. The summed E-state index contributed by atoms with van der Waals surface area (Å²) < 4.78 is 16.6. The zero-order valence-electron chi connectivity index (χ0n) is 15.8. The van der Waals surface area contributed by atoms with Gasteiger partial charge in [0.05, 0.1) is 11.8 Å². The molecule has 1 aromatic heterocycles. The number of hydrogen-bond acceptors (Lipinski definition) is 6. The van der Waals surface area contributed by atoms with Crippen molar-refractivity contribution in [1.29, 1.82) is 0 Å². The minimum atomic E-state index is -0.279. The molecule has 1 N–H and O–H groups in total. The zero-order chi connectivity index (χ0) is 19.1. The molecule has 27 heavy (non-hydrogen) atoms. The minimum absolute atomic E-state index is 0.117. The second kappa shape index (κ2) is 9.36. The quantitative estimate of drug-likeness (QED) is 0.763. The van der Waals surface area contributed by atoms with Gasteiger partial charge in [0.15, 0.2) is 5.82 Å². The molecule has 0 bridgehead atoms. The van der Waals surface area contributed by atoms with Crippen LogP contribution in [-0.4, -0.2) is 47.4 Å². The fourth-order valence-electron chi connectivity index (χ4n) is 2.82. The van der Waals surface area contributed by atoms with Gasteiger partial charge in [-0.05, 0) is 31.4 Å². The van der Waals surface area contributed by atoms with E-state index >= 15 is 0 Å². The van der Waals surface area contributed by atoms with Crippen LogP contribution in [0.4, 0.5) is 10.5 Å². The van der Waals surface area contributed by atoms with E-state index in [2.05, 4.69) is 15.5 Å². The summed E-state index contributed by atoms with van der Waals surface area (Å²) in [7, 11) is 1.68. The largest absolute Gasteiger partial charge is 0.489 e. The molecule has 8 nitrogen and oxygen atoms in total. The topological polar surface area (TPSA) is 89.7 Å². The van der Waals surface area contributed by atoms with Crippen molar-refractivity contribution in [1.82, 2.24) is 15.0 Å². The molecule has 2 aromatic rings. The van der Waals surface area contributed by atoms with Gasteiger partial charge in [0.2, 0.25) is 5.89 Å². The van der Waals surface area contributed by atoms with Crippen LogP contribution >= 0.6 is 0 Å². The molecular weight excluding hydrogens is 348 g/mol. The molecule has 1 atom stereocenters. The Labute approximate surface area is 158 Å². The van der Waals surface area contributed by atoms with Crippen LogP contribution in [0, 0.1) is 0 Å². The fraction of sp³-hybridized carbons (Fsp3) is 0.526. The van der Waals surface area contributed by atoms with E-state index in [9.17, 15) is 4.79 Å². The Morgan fingerprint density at radius 1 is 1.41 bits per heavy atom. The van der Waals surface area contributed by atoms with Crippen LogP contribution in [-0.2, 0) is 17.7 Å². The number of nitrogens with zero attached hydrogens (tertiary/aromatic N) is 3. The van der Waals surface area contributed by atoms with Gasteiger partial charge in [-0.2, -0.15) is 4.98 Å². The number of hydrogen-bond donors (Lipinski definition) is 1. The normalized spacial score (nSPS) is 16.3. The lowest BCUT2D eigenvalue weighted by Gasteiger charge is -2.18. The number of aromatic nitrogens is 2. The molecule has 1 fully saturated rings. The molecule has 2 heterocycles. The van der Waals surface area contributed by atoms with Gasteiger partial charge >= 0.3 is 6.03 Å². The van der Waals surface area contributed by atoms with Crippen molar-refractivity contribution in [3.63, 3.8) is 0 Å². The number of urea groups is 1. The fourth-order valence-corrected chi connectivity index (χ4v) is 2.82. The minimum Gasteiger partial charge on any atom is -0.489 e. The van der Waals surface area contributed by atoms with E-state index in [1.165, 1.54) is 4.90 Å². The maximum atomic E-state index is 12.5. The van der Waals surface area contributed by atoms with Gasteiger partial charge in [0.25, 0.3) is 0 Å². The standard InChI is InChI=1S/C19H26N4O4/c1-3-7-17-21-18(27-22-17)12-23(2)19(24)20-15-9-4-5-10-16(15)26-13-14-8-6-11-25-14/h4-5,9-10,14H,3,6-8,11-13H2,1-2H3,(H,20,24). The number of carbonyl (C=O) groups excluding carboxylic acids is 1. The maximum absolute atomic E-state index is 12.5. The van der Waals surface area contributed by atoms with Gasteiger partial charge in [-0.3, -0.25) is 0 Å². The number of carbonyl (C=O) groups is 1. The average molecular weight is 374 g/mol. The average Bonchev–Trinajstić information content (AvgIpc) is 3.33. The van der Waals surface area contributed by atoms with Crippen LogP contribution in [0.5, 0.6) is 5.75 Å². The third kappa shape index (κ3) is 5.43. The lowest BCUT2D eigenvalue weighted by atomic mass is 10.2. The molecule has 1 aliphatic heterocycles. The molecule has 1 unspecified atom stereocenters. The first kappa shape index (κ1) is 19.2. The molecule has 1 saturated heterocycles. The van der Waals surface area contributed by atoms with E-state index < -0.39 is 0 Å². The highest BCUT2D eigenvalue weighted by molar-refractivity contribution is 5.90. The second-order valence-electron chi connectivity index (χ2n) is 6.58. The van der Waals surface area contributed by atoms with Gasteiger partial charge in [-0.25, -0.2) is 4.79 Å². The molecule has 8 heteroatoms. The second-order valence-corrected chi connectivity index (χ2v) is 6.58. The lowest BCUT2D eigenvalue weighted by molar-refractivity contribution is 0.0682. The Hall–Kier alpha value is -2.61. The van der Waals surface area contributed by atoms with E-state index in [1.807, 2.05) is 31.2 Å². The first-order valence-corrected chi connectivity index (χ1v) is 9.32. The predicted octanol–water partition coefficient (Wildman–Crippen LogP) is 3.24. The third-order valence-corrected chi connectivity index (χ3v) is 4.28. The number of benzene rings is 1. The lowest BCUT2D eigenvalue weighted by Crippen LogP contribution is -2.31. The summed E-state index contributed by atoms with van der Waals surface area (Å²) in [5, 5.41) is 6.77. The summed E-state index contributed by atoms with van der Waals surface area (Å²) in [5.41, 5.74) is 0.615. The molecule has 0 aliphatic carbocycles. The molecular formula is C19H26N4O4. The van der Waals surface area contributed by atoms with E-state index in [4.69, 9.17) is 14.0 Å². The van der Waals surface area contributed by atoms with Crippen molar-refractivity contribution < 1.29 is 18.8 Å². The highest BCUT2D eigenvalue weighted by Crippen LogP contribution is 2.25. The van der Waals surface area contributed by atoms with E-state index in [1.54, 1.807) is 7.05 Å². The molecule has 1 aliphatic rings. The highest BCUT2D eigenvalue weighted by atomic mass is 16.5. The van der Waals surface area contributed by atoms with Crippen LogP contribution in [0.15, 0.2) is 28.8 Å². The van der Waals surface area contributed by atoms with Crippen LogP contribution in [0.1, 0.15) is 37.9 Å². The van der Waals surface area contributed by atoms with Crippen molar-refractivity contribution in [2.45, 2.75) is 45.3 Å². The van der Waals surface area contributed by atoms with Crippen LogP contribution < -0.4 is 10.1 Å². The maximum Gasteiger partial charge on any atom is 0.322 e. The Morgan fingerprint density at radius 3 is 3.04 bits per heavy atom. The first-order valence-electron chi connectivity index (χ1n) is 9.32. The van der Waals surface area contributed by atoms with Gasteiger partial charge < -0.3 is 24.2 Å². The van der Waals surface area contributed by atoms with E-state index in [-0.39, 0.29) is 18.7 Å². The van der Waals surface area contributed by atoms with Crippen LogP contribution in [0.25, 0.3) is 0 Å². The van der Waals surface area contributed by atoms with Gasteiger partial charge in [0, 0.05) is 20.1 Å². The van der Waals surface area contributed by atoms with E-state index in [0.29, 0.717) is 29.8 Å². The number of anilines is 1. The van der Waals surface area contributed by atoms with Crippen molar-refractivity contribution in [3.05, 3.63) is 36.0 Å². The van der Waals surface area contributed by atoms with Crippen molar-refractivity contribution >= 4 is 11.7 Å². The highest BCUT2D eigenvalue weighted by Gasteiger charge is 2.18. The number of amides is 2. The number of aryl methyl sites for hydroxylation is 1. The van der Waals surface area contributed by atoms with Gasteiger partial charge in [0.1, 0.15) is 18.9 Å². The Kier molecular flexibility index (Phi) is 6.64. The molecule has 0 spiro atoms. The Bertz CT molecular complexity index is 743. The molecule has 2 amide bonds. The van der Waals surface area contributed by atoms with Crippen molar-refractivity contribution in [3.8, 4) is 5.75 Å². The summed E-state index contributed by atoms with van der Waals surface area (Å²) in [5.74, 6) is 1.70. The summed E-state index contributed by atoms with van der Waals surface area (Å²) in [6, 6.07) is 7.09. The van der Waals surface area contributed by atoms with Gasteiger partial charge in [-0.15, -0.1) is 0 Å². The van der Waals surface area contributed by atoms with Crippen LogP contribution in [0.3, 0.4) is 0 Å². The molecule has 3 rings (SSSR count). The first-order chi connectivity index (χ1) is 13.2. The third-order valence-electron chi connectivity index (χ3n) is 4.28. The number of ether oxygens (including phenoxy) is 2. The van der Waals surface area contributed by atoms with Crippen molar-refractivity contribution in [2.75, 3.05) is 25.6 Å². The molecule has 0 saturated carbocycles. The SMILES string of the molecule is CCCc1noc(CN(C)C(=O)Nc2ccccc2OCC2CCCO2)n1. The summed E-state index contributed by atoms with van der Waals surface area (Å²) in [6.07, 6.45) is 3.88. The Morgan fingerprint density at radius 2 is 2.26 bits per heavy atom. The molecule has 146 valence electrons. The Balaban J connectivity index is 1.55.